The van der Waals surface area contributed by atoms with Crippen LogP contribution in [0.5, 0.6) is 5.75 Å². The summed E-state index contributed by atoms with van der Waals surface area (Å²) in [4.78, 5) is 23.7. The molecule has 1 aromatic carbocycles. The van der Waals surface area contributed by atoms with Crippen molar-refractivity contribution in [3.05, 3.63) is 52.3 Å². The Morgan fingerprint density at radius 2 is 1.60 bits per heavy atom. The zero-order valence-electron chi connectivity index (χ0n) is 17.3. The van der Waals surface area contributed by atoms with Gasteiger partial charge in [0, 0.05) is 11.1 Å². The maximum absolute atomic E-state index is 11.9. The monoisotopic (exact) mass is 410 g/mol. The smallest absolute Gasteiger partial charge is 0.348 e. The van der Waals surface area contributed by atoms with E-state index < -0.39 is 11.9 Å². The molecule has 8 nitrogen and oxygen atoms in total. The minimum Gasteiger partial charge on any atom is -0.498 e. The molecule has 8 heteroatoms. The van der Waals surface area contributed by atoms with Crippen LogP contribution < -0.4 is 4.74 Å². The van der Waals surface area contributed by atoms with Crippen LogP contribution in [0.3, 0.4) is 0 Å². The largest absolute Gasteiger partial charge is 0.498 e. The summed E-state index contributed by atoms with van der Waals surface area (Å²) in [5.41, 5.74) is 1.88. The third-order valence-electron chi connectivity index (χ3n) is 4.08. The van der Waals surface area contributed by atoms with Crippen LogP contribution in [0.25, 0.3) is 12.2 Å². The number of rotatable bonds is 9. The first-order chi connectivity index (χ1) is 14.3. The maximum Gasteiger partial charge on any atom is 0.348 e. The molecule has 0 saturated carbocycles. The Morgan fingerprint density at radius 1 is 1.03 bits per heavy atom. The molecule has 0 spiro atoms. The number of ether oxygens (including phenoxy) is 4. The second-order valence-electron chi connectivity index (χ2n) is 5.86. The molecular weight excluding hydrogens is 388 g/mol. The van der Waals surface area contributed by atoms with Gasteiger partial charge in [-0.2, -0.15) is 10.5 Å². The lowest BCUT2D eigenvalue weighted by atomic mass is 9.95. The van der Waals surface area contributed by atoms with Crippen LogP contribution in [0.2, 0.25) is 0 Å². The molecular formula is C22H22N2O6. The molecule has 0 amide bonds. The topological polar surface area (TPSA) is 119 Å². The van der Waals surface area contributed by atoms with Crippen LogP contribution in [-0.2, 0) is 23.8 Å². The van der Waals surface area contributed by atoms with Crippen molar-refractivity contribution in [1.29, 1.82) is 10.5 Å². The molecule has 0 N–H and O–H groups in total. The molecule has 0 atom stereocenters. The second kappa shape index (κ2) is 11.7. The molecule has 0 radical (unpaired) electrons. The Balaban J connectivity index is 3.77. The Labute approximate surface area is 175 Å². The zero-order chi connectivity index (χ0) is 22.7. The van der Waals surface area contributed by atoms with Crippen molar-refractivity contribution in [2.45, 2.75) is 13.8 Å². The van der Waals surface area contributed by atoms with Gasteiger partial charge in [-0.05, 0) is 43.2 Å². The van der Waals surface area contributed by atoms with E-state index in [4.69, 9.17) is 9.47 Å². The van der Waals surface area contributed by atoms with E-state index in [-0.39, 0.29) is 30.1 Å². The van der Waals surface area contributed by atoms with E-state index in [1.165, 1.54) is 32.6 Å². The summed E-state index contributed by atoms with van der Waals surface area (Å²) in [6.07, 6.45) is 3.93. The first-order valence-electron chi connectivity index (χ1n) is 8.74. The molecule has 156 valence electrons. The van der Waals surface area contributed by atoms with Crippen molar-refractivity contribution in [3.63, 3.8) is 0 Å². The fourth-order valence-electron chi connectivity index (χ4n) is 2.46. The number of benzene rings is 1. The van der Waals surface area contributed by atoms with Gasteiger partial charge < -0.3 is 18.9 Å². The summed E-state index contributed by atoms with van der Waals surface area (Å²) in [6, 6.07) is 5.31. The summed E-state index contributed by atoms with van der Waals surface area (Å²) < 4.78 is 20.2. The van der Waals surface area contributed by atoms with Gasteiger partial charge in [-0.3, -0.25) is 0 Å². The molecule has 1 rings (SSSR count). The van der Waals surface area contributed by atoms with Crippen LogP contribution in [-0.4, -0.2) is 39.4 Å². The van der Waals surface area contributed by atoms with E-state index in [9.17, 15) is 20.1 Å². The number of methoxy groups -OCH3 is 2. The predicted molar refractivity (Wildman–Crippen MR) is 109 cm³/mol. The van der Waals surface area contributed by atoms with Gasteiger partial charge >= 0.3 is 11.9 Å². The fraction of sp³-hybridized carbons (Fsp3) is 0.273. The molecule has 1 aromatic rings. The number of aryl methyl sites for hydroxylation is 1. The number of hydrogen-bond acceptors (Lipinski definition) is 8. The maximum atomic E-state index is 11.9. The molecule has 0 heterocycles. The van der Waals surface area contributed by atoms with Gasteiger partial charge in [0.25, 0.3) is 0 Å². The number of hydrogen-bond donors (Lipinski definition) is 0. The minimum atomic E-state index is -0.805. The number of esters is 2. The van der Waals surface area contributed by atoms with E-state index in [2.05, 4.69) is 16.1 Å². The van der Waals surface area contributed by atoms with Gasteiger partial charge in [-0.15, -0.1) is 0 Å². The molecule has 0 saturated heterocycles. The lowest BCUT2D eigenvalue weighted by Gasteiger charge is -2.17. The number of nitriles is 2. The highest BCUT2D eigenvalue weighted by molar-refractivity contribution is 6.00. The summed E-state index contributed by atoms with van der Waals surface area (Å²) in [7, 11) is 2.34. The third kappa shape index (κ3) is 5.98. The van der Waals surface area contributed by atoms with Crippen molar-refractivity contribution in [2.75, 3.05) is 27.4 Å². The summed E-state index contributed by atoms with van der Waals surface area (Å²) in [5, 5.41) is 18.6. The second-order valence-corrected chi connectivity index (χ2v) is 5.86. The van der Waals surface area contributed by atoms with Crippen LogP contribution in [0.1, 0.15) is 22.3 Å². The Bertz CT molecular complexity index is 977. The number of carbonyl (C=O) groups excluding carboxylic acids is 2. The summed E-state index contributed by atoms with van der Waals surface area (Å²) >= 11 is 0. The van der Waals surface area contributed by atoms with E-state index >= 15 is 0 Å². The van der Waals surface area contributed by atoms with E-state index in [0.717, 1.165) is 11.1 Å². The van der Waals surface area contributed by atoms with Gasteiger partial charge in [0.2, 0.25) is 0 Å². The average molecular weight is 410 g/mol. The van der Waals surface area contributed by atoms with Crippen molar-refractivity contribution in [3.8, 4) is 17.9 Å². The summed E-state index contributed by atoms with van der Waals surface area (Å²) in [5.74, 6) is -1.34. The van der Waals surface area contributed by atoms with E-state index in [1.807, 2.05) is 6.92 Å². The number of nitrogens with zero attached hydrogens (tertiary/aromatic N) is 2. The van der Waals surface area contributed by atoms with Gasteiger partial charge in [0.1, 0.15) is 42.2 Å². The van der Waals surface area contributed by atoms with Gasteiger partial charge in [0.05, 0.1) is 20.5 Å². The molecule has 30 heavy (non-hydrogen) atoms. The highest BCUT2D eigenvalue weighted by Gasteiger charge is 2.19. The van der Waals surface area contributed by atoms with E-state index in [1.54, 1.807) is 25.1 Å². The SMILES string of the molecule is C=COCCOc1c(C=C(C#N)C(=O)OC)cc(C)c(C)c1C=C(C#N)C(=O)OC. The van der Waals surface area contributed by atoms with Gasteiger partial charge in [-0.25, -0.2) is 9.59 Å². The average Bonchev–Trinajstić information content (AvgIpc) is 2.76. The van der Waals surface area contributed by atoms with Crippen molar-refractivity contribution in [1.82, 2.24) is 0 Å². The highest BCUT2D eigenvalue weighted by atomic mass is 16.5. The molecule has 0 aliphatic heterocycles. The van der Waals surface area contributed by atoms with Crippen molar-refractivity contribution < 1.29 is 28.5 Å². The molecule has 0 aliphatic carbocycles. The van der Waals surface area contributed by atoms with E-state index in [0.29, 0.717) is 11.1 Å². The Hall–Kier alpha value is -4.04. The van der Waals surface area contributed by atoms with Crippen molar-refractivity contribution in [2.24, 2.45) is 0 Å². The van der Waals surface area contributed by atoms with Gasteiger partial charge in [0.15, 0.2) is 0 Å². The fourth-order valence-corrected chi connectivity index (χ4v) is 2.46. The highest BCUT2D eigenvalue weighted by Crippen LogP contribution is 2.34. The van der Waals surface area contributed by atoms with Crippen LogP contribution >= 0.6 is 0 Å². The molecule has 0 aromatic heterocycles. The molecule has 0 unspecified atom stereocenters. The molecule has 0 bridgehead atoms. The van der Waals surface area contributed by atoms with Crippen molar-refractivity contribution >= 4 is 24.1 Å². The normalized spacial score (nSPS) is 11.0. The standard InChI is InChI=1S/C22H22N2O6/c1-6-29-7-8-30-20-16(10-17(12-23)21(25)27-4)9-14(2)15(3)19(20)11-18(13-24)22(26)28-5/h6,9-11H,1,7-8H2,2-5H3. The number of carbonyl (C=O) groups is 2. The predicted octanol–water partition coefficient (Wildman–Crippen LogP) is 3.00. The quantitative estimate of drug-likeness (QED) is 0.200. The molecule has 0 fully saturated rings. The Morgan fingerprint density at radius 3 is 2.10 bits per heavy atom. The third-order valence-corrected chi connectivity index (χ3v) is 4.08. The van der Waals surface area contributed by atoms with Crippen LogP contribution in [0.4, 0.5) is 0 Å². The lowest BCUT2D eigenvalue weighted by Crippen LogP contribution is -2.09. The summed E-state index contributed by atoms with van der Waals surface area (Å²) in [6.45, 7) is 7.35. The van der Waals surface area contributed by atoms with Crippen LogP contribution in [0.15, 0.2) is 30.1 Å². The molecule has 0 aliphatic rings. The Kier molecular flexibility index (Phi) is 9.38. The minimum absolute atomic E-state index is 0.108. The first-order valence-corrected chi connectivity index (χ1v) is 8.74. The first kappa shape index (κ1) is 24.0. The zero-order valence-corrected chi connectivity index (χ0v) is 17.3. The van der Waals surface area contributed by atoms with Gasteiger partial charge in [-0.1, -0.05) is 6.58 Å². The lowest BCUT2D eigenvalue weighted by molar-refractivity contribution is -0.136. The van der Waals surface area contributed by atoms with Crippen LogP contribution in [0, 0.1) is 36.5 Å².